The van der Waals surface area contributed by atoms with Crippen molar-refractivity contribution >= 4 is 17.7 Å². The monoisotopic (exact) mass is 373 g/mol. The Morgan fingerprint density at radius 3 is 2.73 bits per heavy atom. The SMILES string of the molecule is COc1ccc([C@@H]2N[C@H](C(=O)O)CS2)cc1COc1cc(C)ccc1C. The molecule has 0 amide bonds. The summed E-state index contributed by atoms with van der Waals surface area (Å²) in [4.78, 5) is 11.1. The Morgan fingerprint density at radius 1 is 1.23 bits per heavy atom. The molecule has 0 aliphatic carbocycles. The van der Waals surface area contributed by atoms with Crippen LogP contribution in [0.1, 0.15) is 27.6 Å². The van der Waals surface area contributed by atoms with Crippen molar-refractivity contribution in [3.63, 3.8) is 0 Å². The summed E-state index contributed by atoms with van der Waals surface area (Å²) < 4.78 is 11.5. The summed E-state index contributed by atoms with van der Waals surface area (Å²) in [5, 5.41) is 12.3. The summed E-state index contributed by atoms with van der Waals surface area (Å²) in [5.74, 6) is 1.36. The molecule has 2 aromatic carbocycles. The second kappa shape index (κ2) is 8.01. The quantitative estimate of drug-likeness (QED) is 0.805. The van der Waals surface area contributed by atoms with Crippen LogP contribution in [-0.2, 0) is 11.4 Å². The molecule has 1 heterocycles. The van der Waals surface area contributed by atoms with E-state index in [0.717, 1.165) is 33.8 Å². The highest BCUT2D eigenvalue weighted by Crippen LogP contribution is 2.35. The first kappa shape index (κ1) is 18.6. The minimum Gasteiger partial charge on any atom is -0.496 e. The zero-order valence-corrected chi connectivity index (χ0v) is 15.9. The number of nitrogens with one attached hydrogen (secondary N) is 1. The van der Waals surface area contributed by atoms with Crippen molar-refractivity contribution in [1.29, 1.82) is 0 Å². The van der Waals surface area contributed by atoms with Gasteiger partial charge in [-0.3, -0.25) is 10.1 Å². The first-order valence-electron chi connectivity index (χ1n) is 8.45. The van der Waals surface area contributed by atoms with E-state index in [2.05, 4.69) is 11.4 Å². The van der Waals surface area contributed by atoms with E-state index in [0.29, 0.717) is 12.4 Å². The largest absolute Gasteiger partial charge is 0.496 e. The Morgan fingerprint density at radius 2 is 2.04 bits per heavy atom. The standard InChI is InChI=1S/C20H23NO4S/c1-12-4-5-13(2)18(8-12)25-10-15-9-14(6-7-17(15)24-3)19-21-16(11-26-19)20(22)23/h4-9,16,19,21H,10-11H2,1-3H3,(H,22,23)/t16-,19+/m0/s1. The number of hydrogen-bond acceptors (Lipinski definition) is 5. The fourth-order valence-corrected chi connectivity index (χ4v) is 4.12. The van der Waals surface area contributed by atoms with Gasteiger partial charge in [-0.15, -0.1) is 11.8 Å². The van der Waals surface area contributed by atoms with Crippen molar-refractivity contribution in [3.8, 4) is 11.5 Å². The summed E-state index contributed by atoms with van der Waals surface area (Å²) >= 11 is 1.60. The second-order valence-corrected chi connectivity index (χ2v) is 7.54. The number of ether oxygens (including phenoxy) is 2. The Hall–Kier alpha value is -2.18. The highest BCUT2D eigenvalue weighted by Gasteiger charge is 2.30. The van der Waals surface area contributed by atoms with Gasteiger partial charge in [-0.2, -0.15) is 0 Å². The molecule has 2 atom stereocenters. The third-order valence-electron chi connectivity index (χ3n) is 4.41. The van der Waals surface area contributed by atoms with Gasteiger partial charge in [0.1, 0.15) is 24.1 Å². The predicted molar refractivity (Wildman–Crippen MR) is 103 cm³/mol. The zero-order valence-electron chi connectivity index (χ0n) is 15.1. The molecular formula is C20H23NO4S. The van der Waals surface area contributed by atoms with Crippen LogP contribution in [0.2, 0.25) is 0 Å². The number of thioether (sulfide) groups is 1. The van der Waals surface area contributed by atoms with Gasteiger partial charge in [0, 0.05) is 11.3 Å². The van der Waals surface area contributed by atoms with Crippen LogP contribution in [-0.4, -0.2) is 30.0 Å². The van der Waals surface area contributed by atoms with Crippen molar-refractivity contribution in [3.05, 3.63) is 58.7 Å². The van der Waals surface area contributed by atoms with Crippen LogP contribution >= 0.6 is 11.8 Å². The molecular weight excluding hydrogens is 350 g/mol. The molecule has 0 aromatic heterocycles. The van der Waals surface area contributed by atoms with Gasteiger partial charge in [0.05, 0.1) is 12.5 Å². The molecule has 0 spiro atoms. The molecule has 0 radical (unpaired) electrons. The molecule has 1 aliphatic rings. The fourth-order valence-electron chi connectivity index (χ4n) is 2.90. The number of benzene rings is 2. The summed E-state index contributed by atoms with van der Waals surface area (Å²) in [6, 6.07) is 11.5. The lowest BCUT2D eigenvalue weighted by Gasteiger charge is -2.16. The number of aliphatic carboxylic acids is 1. The van der Waals surface area contributed by atoms with E-state index in [1.165, 1.54) is 0 Å². The number of aryl methyl sites for hydroxylation is 2. The summed E-state index contributed by atoms with van der Waals surface area (Å²) in [7, 11) is 1.64. The first-order chi connectivity index (χ1) is 12.5. The maximum atomic E-state index is 11.1. The van der Waals surface area contributed by atoms with Gasteiger partial charge in [0.15, 0.2) is 0 Å². The maximum Gasteiger partial charge on any atom is 0.321 e. The molecule has 138 valence electrons. The average molecular weight is 373 g/mol. The Bertz CT molecular complexity index is 808. The van der Waals surface area contributed by atoms with Crippen molar-refractivity contribution in [2.45, 2.75) is 31.9 Å². The molecule has 26 heavy (non-hydrogen) atoms. The van der Waals surface area contributed by atoms with Gasteiger partial charge in [-0.25, -0.2) is 0 Å². The van der Waals surface area contributed by atoms with Crippen molar-refractivity contribution < 1.29 is 19.4 Å². The third-order valence-corrected chi connectivity index (χ3v) is 5.68. The number of carboxylic acids is 1. The number of hydrogen-bond donors (Lipinski definition) is 2. The normalized spacial score (nSPS) is 19.3. The van der Waals surface area contributed by atoms with E-state index in [9.17, 15) is 4.79 Å². The van der Waals surface area contributed by atoms with Crippen molar-refractivity contribution in [2.24, 2.45) is 0 Å². The van der Waals surface area contributed by atoms with E-state index >= 15 is 0 Å². The Balaban J connectivity index is 1.78. The lowest BCUT2D eigenvalue weighted by atomic mass is 10.1. The van der Waals surface area contributed by atoms with Gasteiger partial charge in [0.2, 0.25) is 0 Å². The molecule has 0 saturated carbocycles. The molecule has 2 aromatic rings. The fraction of sp³-hybridized carbons (Fsp3) is 0.350. The molecule has 1 saturated heterocycles. The molecule has 0 unspecified atom stereocenters. The van der Waals surface area contributed by atoms with Crippen LogP contribution in [0.4, 0.5) is 0 Å². The number of carboxylic acid groups (broad SMARTS) is 1. The van der Waals surface area contributed by atoms with E-state index in [-0.39, 0.29) is 5.37 Å². The van der Waals surface area contributed by atoms with E-state index in [1.54, 1.807) is 18.9 Å². The summed E-state index contributed by atoms with van der Waals surface area (Å²) in [6.45, 7) is 4.45. The first-order valence-corrected chi connectivity index (χ1v) is 9.50. The van der Waals surface area contributed by atoms with Crippen LogP contribution in [0, 0.1) is 13.8 Å². The number of methoxy groups -OCH3 is 1. The highest BCUT2D eigenvalue weighted by molar-refractivity contribution is 7.99. The third kappa shape index (κ3) is 4.14. The van der Waals surface area contributed by atoms with E-state index < -0.39 is 12.0 Å². The summed E-state index contributed by atoms with van der Waals surface area (Å²) in [6.07, 6.45) is 0. The van der Waals surface area contributed by atoms with Crippen molar-refractivity contribution in [2.75, 3.05) is 12.9 Å². The van der Waals surface area contributed by atoms with Gasteiger partial charge >= 0.3 is 5.97 Å². The molecule has 1 fully saturated rings. The van der Waals surface area contributed by atoms with Gasteiger partial charge in [-0.1, -0.05) is 18.2 Å². The van der Waals surface area contributed by atoms with Crippen LogP contribution < -0.4 is 14.8 Å². The molecule has 6 heteroatoms. The van der Waals surface area contributed by atoms with Crippen LogP contribution in [0.25, 0.3) is 0 Å². The van der Waals surface area contributed by atoms with Crippen LogP contribution in [0.15, 0.2) is 36.4 Å². The Kier molecular flexibility index (Phi) is 5.74. The number of rotatable bonds is 6. The van der Waals surface area contributed by atoms with Crippen LogP contribution in [0.3, 0.4) is 0 Å². The van der Waals surface area contributed by atoms with E-state index in [1.807, 2.05) is 44.2 Å². The van der Waals surface area contributed by atoms with Gasteiger partial charge in [0.25, 0.3) is 0 Å². The molecule has 1 aliphatic heterocycles. The van der Waals surface area contributed by atoms with Crippen LogP contribution in [0.5, 0.6) is 11.5 Å². The molecule has 2 N–H and O–H groups in total. The minimum absolute atomic E-state index is 0.0403. The van der Waals surface area contributed by atoms with Gasteiger partial charge < -0.3 is 14.6 Å². The zero-order chi connectivity index (χ0) is 18.7. The molecule has 3 rings (SSSR count). The lowest BCUT2D eigenvalue weighted by Crippen LogP contribution is -2.33. The second-order valence-electron chi connectivity index (χ2n) is 6.40. The smallest absolute Gasteiger partial charge is 0.321 e. The highest BCUT2D eigenvalue weighted by atomic mass is 32.2. The predicted octanol–water partition coefficient (Wildman–Crippen LogP) is 3.68. The topological polar surface area (TPSA) is 67.8 Å². The average Bonchev–Trinajstić information content (AvgIpc) is 3.12. The van der Waals surface area contributed by atoms with Crippen molar-refractivity contribution in [1.82, 2.24) is 5.32 Å². The Labute approximate surface area is 157 Å². The lowest BCUT2D eigenvalue weighted by molar-refractivity contribution is -0.138. The van der Waals surface area contributed by atoms with Gasteiger partial charge in [-0.05, 0) is 48.7 Å². The summed E-state index contributed by atoms with van der Waals surface area (Å²) in [5.41, 5.74) is 4.20. The minimum atomic E-state index is -0.813. The maximum absolute atomic E-state index is 11.1. The van der Waals surface area contributed by atoms with E-state index in [4.69, 9.17) is 14.6 Å². The number of carbonyl (C=O) groups is 1. The molecule has 5 nitrogen and oxygen atoms in total. The molecule has 0 bridgehead atoms.